The van der Waals surface area contributed by atoms with Gasteiger partial charge in [-0.15, -0.1) is 10.2 Å². The summed E-state index contributed by atoms with van der Waals surface area (Å²) < 4.78 is 40.7. The Morgan fingerprint density at radius 3 is 2.62 bits per heavy atom. The molecule has 2 aromatic heterocycles. The van der Waals surface area contributed by atoms with E-state index in [2.05, 4.69) is 22.4 Å². The molecule has 1 aliphatic rings. The monoisotopic (exact) mass is 473 g/mol. The number of aryl methyl sites for hydroxylation is 1. The summed E-state index contributed by atoms with van der Waals surface area (Å²) in [4.78, 5) is 36.6. The number of hydrogen-bond donors (Lipinski definition) is 1. The van der Waals surface area contributed by atoms with E-state index in [1.807, 2.05) is 17.7 Å². The molecular formula is C23H22F3N5O3. The van der Waals surface area contributed by atoms with Gasteiger partial charge in [0.05, 0.1) is 5.41 Å². The molecule has 2 heterocycles. The molecule has 178 valence electrons. The highest BCUT2D eigenvalue weighted by atomic mass is 19.4. The van der Waals surface area contributed by atoms with E-state index in [1.165, 1.54) is 0 Å². The normalized spacial score (nSPS) is 20.0. The fourth-order valence-electron chi connectivity index (χ4n) is 4.68. The molecule has 11 heteroatoms. The van der Waals surface area contributed by atoms with E-state index in [-0.39, 0.29) is 17.3 Å². The minimum Gasteiger partial charge on any atom is -0.322 e. The third-order valence-electron chi connectivity index (χ3n) is 6.04. The number of rotatable bonds is 6. The van der Waals surface area contributed by atoms with Crippen molar-refractivity contribution in [2.45, 2.75) is 37.9 Å². The van der Waals surface area contributed by atoms with Crippen LogP contribution in [0.15, 0.2) is 47.7 Å². The number of nitrogens with zero attached hydrogens (tertiary/aromatic N) is 4. The van der Waals surface area contributed by atoms with Gasteiger partial charge in [0, 0.05) is 24.5 Å². The van der Waals surface area contributed by atoms with Crippen LogP contribution in [-0.2, 0) is 19.0 Å². The van der Waals surface area contributed by atoms with Crippen LogP contribution in [0, 0.1) is 5.92 Å². The van der Waals surface area contributed by atoms with E-state index in [0.717, 1.165) is 36.5 Å². The molecule has 1 amide bonds. The Hall–Kier alpha value is -3.76. The van der Waals surface area contributed by atoms with Crippen molar-refractivity contribution in [2.75, 3.05) is 5.32 Å². The number of carbonyl (C=O) groups is 2. The largest absolute Gasteiger partial charge is 0.406 e. The quantitative estimate of drug-likeness (QED) is 0.554. The van der Waals surface area contributed by atoms with E-state index in [4.69, 9.17) is 0 Å². The van der Waals surface area contributed by atoms with Crippen LogP contribution < -0.4 is 10.9 Å². The molecule has 0 bridgehead atoms. The first-order valence-corrected chi connectivity index (χ1v) is 10.6. The lowest BCUT2D eigenvalue weighted by Gasteiger charge is -2.46. The average molecular weight is 473 g/mol. The zero-order valence-corrected chi connectivity index (χ0v) is 18.5. The Morgan fingerprint density at radius 1 is 1.29 bits per heavy atom. The smallest absolute Gasteiger partial charge is 0.322 e. The minimum atomic E-state index is -4.69. The van der Waals surface area contributed by atoms with Crippen molar-refractivity contribution in [3.05, 3.63) is 75.7 Å². The van der Waals surface area contributed by atoms with Gasteiger partial charge in [-0.1, -0.05) is 19.1 Å². The number of halogens is 3. The van der Waals surface area contributed by atoms with Crippen LogP contribution in [0.2, 0.25) is 0 Å². The number of anilines is 1. The number of aldehydes is 1. The molecule has 8 nitrogen and oxygen atoms in total. The average Bonchev–Trinajstić information content (AvgIpc) is 3.17. The number of benzene rings is 1. The van der Waals surface area contributed by atoms with E-state index in [9.17, 15) is 27.6 Å². The van der Waals surface area contributed by atoms with Crippen LogP contribution in [0.5, 0.6) is 0 Å². The topological polar surface area (TPSA) is 98.9 Å². The maximum Gasteiger partial charge on any atom is 0.406 e. The lowest BCUT2D eigenvalue weighted by Crippen LogP contribution is -2.43. The van der Waals surface area contributed by atoms with Gasteiger partial charge in [-0.3, -0.25) is 14.4 Å². The number of aromatic nitrogens is 4. The molecule has 1 N–H and O–H groups in total. The molecule has 1 aliphatic carbocycles. The summed E-state index contributed by atoms with van der Waals surface area (Å²) in [7, 11) is 1.86. The minimum absolute atomic E-state index is 0.215. The molecule has 0 saturated heterocycles. The summed E-state index contributed by atoms with van der Waals surface area (Å²) in [5.74, 6) is 0.354. The van der Waals surface area contributed by atoms with Crippen molar-refractivity contribution in [3.63, 3.8) is 0 Å². The molecule has 4 rings (SSSR count). The van der Waals surface area contributed by atoms with Gasteiger partial charge < -0.3 is 14.5 Å². The number of nitrogens with one attached hydrogen (secondary N) is 1. The molecule has 0 atom stereocenters. The Balaban J connectivity index is 1.66. The van der Waals surface area contributed by atoms with Crippen LogP contribution in [0.1, 0.15) is 51.9 Å². The van der Waals surface area contributed by atoms with Crippen molar-refractivity contribution in [1.29, 1.82) is 0 Å². The first kappa shape index (κ1) is 23.4. The third kappa shape index (κ3) is 4.37. The van der Waals surface area contributed by atoms with Crippen LogP contribution in [0.4, 0.5) is 18.9 Å². The third-order valence-corrected chi connectivity index (χ3v) is 6.04. The number of carbonyl (C=O) groups excluding carboxylic acids is 2. The molecule has 0 aliphatic heterocycles. The number of alkyl halides is 3. The first-order chi connectivity index (χ1) is 16.0. The molecule has 0 radical (unpaired) electrons. The molecule has 1 aromatic carbocycles. The van der Waals surface area contributed by atoms with Gasteiger partial charge in [0.1, 0.15) is 24.3 Å². The van der Waals surface area contributed by atoms with Crippen molar-refractivity contribution in [2.24, 2.45) is 13.0 Å². The molecule has 1 fully saturated rings. The summed E-state index contributed by atoms with van der Waals surface area (Å²) in [5.41, 5.74) is -1.04. The van der Waals surface area contributed by atoms with Gasteiger partial charge >= 0.3 is 6.18 Å². The highest BCUT2D eigenvalue weighted by Gasteiger charge is 2.48. The second kappa shape index (κ2) is 8.54. The zero-order valence-electron chi connectivity index (χ0n) is 18.5. The zero-order chi connectivity index (χ0) is 24.7. The maximum atomic E-state index is 12.9. The van der Waals surface area contributed by atoms with E-state index in [0.29, 0.717) is 16.2 Å². The second-order valence-electron chi connectivity index (χ2n) is 8.75. The number of amides is 1. The van der Waals surface area contributed by atoms with E-state index < -0.39 is 29.8 Å². The van der Waals surface area contributed by atoms with Gasteiger partial charge in [-0.2, -0.15) is 13.2 Å². The molecule has 0 spiro atoms. The Bertz CT molecular complexity index is 1310. The summed E-state index contributed by atoms with van der Waals surface area (Å²) in [5, 5.41) is 10.9. The van der Waals surface area contributed by atoms with Gasteiger partial charge in [0.2, 0.25) is 0 Å². The molecular weight excluding hydrogens is 451 g/mol. The molecule has 34 heavy (non-hydrogen) atoms. The van der Waals surface area contributed by atoms with Gasteiger partial charge in [-0.05, 0) is 42.5 Å². The van der Waals surface area contributed by atoms with Crippen molar-refractivity contribution in [3.8, 4) is 0 Å². The van der Waals surface area contributed by atoms with Crippen molar-refractivity contribution >= 4 is 17.9 Å². The predicted molar refractivity (Wildman–Crippen MR) is 117 cm³/mol. The van der Waals surface area contributed by atoms with E-state index in [1.54, 1.807) is 24.5 Å². The molecule has 3 aromatic rings. The summed E-state index contributed by atoms with van der Waals surface area (Å²) in [6, 6.07) is 8.02. The Kier molecular flexibility index (Phi) is 5.88. The second-order valence-corrected chi connectivity index (χ2v) is 8.75. The summed E-state index contributed by atoms with van der Waals surface area (Å²) in [6.45, 7) is 0.522. The fraction of sp³-hybridized carbons (Fsp3) is 0.348. The van der Waals surface area contributed by atoms with Crippen LogP contribution in [-0.4, -0.2) is 37.7 Å². The van der Waals surface area contributed by atoms with Crippen molar-refractivity contribution < 1.29 is 22.8 Å². The standard InChI is InChI=1S/C23H22F3N5O3/c1-14-8-22(9-14,21-29-27-13-30(21)2)16-4-3-5-17(7-16)28-19(33)18-6-15(11-32)10-31(20(18)34)12-23(24,25)26/h3-7,10-11,13-14H,8-9,12H2,1-2H3,(H,28,33). The number of hydrogen-bond acceptors (Lipinski definition) is 5. The predicted octanol–water partition coefficient (Wildman–Crippen LogP) is 3.32. The van der Waals surface area contributed by atoms with Gasteiger partial charge in [-0.25, -0.2) is 0 Å². The summed E-state index contributed by atoms with van der Waals surface area (Å²) in [6.07, 6.45) is -0.338. The highest BCUT2D eigenvalue weighted by Crippen LogP contribution is 2.51. The highest BCUT2D eigenvalue weighted by molar-refractivity contribution is 6.04. The Labute approximate surface area is 192 Å². The maximum absolute atomic E-state index is 12.9. The van der Waals surface area contributed by atoms with Gasteiger partial charge in [0.25, 0.3) is 11.5 Å². The van der Waals surface area contributed by atoms with Crippen LogP contribution >= 0.6 is 0 Å². The lowest BCUT2D eigenvalue weighted by atomic mass is 9.58. The number of pyridine rings is 1. The molecule has 0 unspecified atom stereocenters. The lowest BCUT2D eigenvalue weighted by molar-refractivity contribution is -0.141. The Morgan fingerprint density at radius 2 is 2.03 bits per heavy atom. The van der Waals surface area contributed by atoms with Crippen LogP contribution in [0.3, 0.4) is 0 Å². The fourth-order valence-corrected chi connectivity index (χ4v) is 4.68. The van der Waals surface area contributed by atoms with Crippen LogP contribution in [0.25, 0.3) is 0 Å². The van der Waals surface area contributed by atoms with Crippen molar-refractivity contribution in [1.82, 2.24) is 19.3 Å². The SMILES string of the molecule is CC1CC(c2cccc(NC(=O)c3cc(C=O)cn(CC(F)(F)F)c3=O)c2)(c2nncn2C)C1. The molecule has 1 saturated carbocycles. The summed E-state index contributed by atoms with van der Waals surface area (Å²) >= 11 is 0. The van der Waals surface area contributed by atoms with Gasteiger partial charge in [0.15, 0.2) is 6.29 Å². The van der Waals surface area contributed by atoms with E-state index >= 15 is 0 Å². The first-order valence-electron chi connectivity index (χ1n) is 10.6.